The molecule has 2 aromatic rings. The van der Waals surface area contributed by atoms with Gasteiger partial charge in [-0.2, -0.15) is 26.3 Å². The Morgan fingerprint density at radius 1 is 0.946 bits per heavy atom. The van der Waals surface area contributed by atoms with Crippen LogP contribution in [0.25, 0.3) is 0 Å². The molecule has 5 nitrogen and oxygen atoms in total. The van der Waals surface area contributed by atoms with Crippen molar-refractivity contribution in [2.45, 2.75) is 56.2 Å². The van der Waals surface area contributed by atoms with Crippen LogP contribution in [0.2, 0.25) is 0 Å². The van der Waals surface area contributed by atoms with E-state index in [0.717, 1.165) is 6.20 Å². The topological polar surface area (TPSA) is 62.3 Å². The maximum atomic E-state index is 14.7. The Morgan fingerprint density at radius 3 is 2.27 bits per heavy atom. The molecular weight excluding hydrogens is 514 g/mol. The van der Waals surface area contributed by atoms with Gasteiger partial charge in [-0.15, -0.1) is 0 Å². The predicted octanol–water partition coefficient (Wildman–Crippen LogP) is 5.27. The third-order valence-corrected chi connectivity index (χ3v) is 7.07. The standard InChI is InChI=1S/C24H19F8N3O2/c25-16-7-15(24(30,31)32)17(26)6-14(16)20(10-1-2-10)34-21(36)19-5-11-4-18(11)35(19)22(37)12-3-13(9-33-8-12)23(27,28)29/h3,6-11,18-20H,1-2,4-5H2,(H,34,36)/t11-,18-,19-,20?/m1/s1. The van der Waals surface area contributed by atoms with Crippen LogP contribution in [0.3, 0.4) is 0 Å². The van der Waals surface area contributed by atoms with E-state index in [1.54, 1.807) is 0 Å². The zero-order valence-corrected chi connectivity index (χ0v) is 18.8. The van der Waals surface area contributed by atoms with E-state index in [9.17, 15) is 44.7 Å². The SMILES string of the molecule is O=C(NC(c1cc(F)c(C(F)(F)F)cc1F)C1CC1)[C@H]1C[C@H]2C[C@H]2N1C(=O)c1cncc(C(F)(F)F)c1. The van der Waals surface area contributed by atoms with Crippen molar-refractivity contribution >= 4 is 11.8 Å². The lowest BCUT2D eigenvalue weighted by molar-refractivity contribution is -0.140. The quantitative estimate of drug-likeness (QED) is 0.533. The van der Waals surface area contributed by atoms with E-state index >= 15 is 0 Å². The number of hydrogen-bond acceptors (Lipinski definition) is 3. The second kappa shape index (κ2) is 8.66. The number of nitrogens with zero attached hydrogens (tertiary/aromatic N) is 2. The van der Waals surface area contributed by atoms with Crippen molar-refractivity contribution in [2.75, 3.05) is 0 Å². The number of piperidine rings is 1. The summed E-state index contributed by atoms with van der Waals surface area (Å²) in [6.07, 6.45) is -6.48. The van der Waals surface area contributed by atoms with Crippen LogP contribution in [-0.2, 0) is 17.1 Å². The molecule has 0 bridgehead atoms. The van der Waals surface area contributed by atoms with Gasteiger partial charge in [0.1, 0.15) is 17.7 Å². The van der Waals surface area contributed by atoms with Crippen LogP contribution >= 0.6 is 0 Å². The van der Waals surface area contributed by atoms with Crippen molar-refractivity contribution in [1.29, 1.82) is 0 Å². The number of alkyl halides is 6. The molecule has 2 heterocycles. The van der Waals surface area contributed by atoms with Gasteiger partial charge in [-0.1, -0.05) is 0 Å². The van der Waals surface area contributed by atoms with Gasteiger partial charge in [-0.25, -0.2) is 8.78 Å². The smallest absolute Gasteiger partial charge is 0.347 e. The predicted molar refractivity (Wildman–Crippen MR) is 111 cm³/mol. The van der Waals surface area contributed by atoms with Gasteiger partial charge in [0.2, 0.25) is 5.91 Å². The fourth-order valence-electron chi connectivity index (χ4n) is 4.99. The summed E-state index contributed by atoms with van der Waals surface area (Å²) in [6, 6.07) is -1.47. The second-order valence-corrected chi connectivity index (χ2v) is 9.66. The lowest BCUT2D eigenvalue weighted by Gasteiger charge is -2.29. The van der Waals surface area contributed by atoms with Crippen molar-refractivity contribution in [3.8, 4) is 0 Å². The molecular formula is C24H19F8N3O2. The Kier molecular flexibility index (Phi) is 5.94. The van der Waals surface area contributed by atoms with Crippen LogP contribution in [0.1, 0.15) is 58.8 Å². The van der Waals surface area contributed by atoms with Gasteiger partial charge in [-0.3, -0.25) is 14.6 Å². The number of aromatic nitrogens is 1. The first-order valence-corrected chi connectivity index (χ1v) is 11.5. The number of pyridine rings is 1. The molecule has 0 spiro atoms. The molecule has 2 aliphatic carbocycles. The van der Waals surface area contributed by atoms with Gasteiger partial charge in [0, 0.05) is 24.0 Å². The van der Waals surface area contributed by atoms with Crippen molar-refractivity contribution in [3.05, 3.63) is 64.5 Å². The zero-order chi connectivity index (χ0) is 26.9. The molecule has 3 fully saturated rings. The van der Waals surface area contributed by atoms with E-state index in [1.807, 2.05) is 0 Å². The van der Waals surface area contributed by atoms with Crippen LogP contribution in [0.4, 0.5) is 35.1 Å². The number of rotatable bonds is 5. The van der Waals surface area contributed by atoms with Crippen LogP contribution in [0.15, 0.2) is 30.6 Å². The minimum Gasteiger partial charge on any atom is -0.347 e. The zero-order valence-electron chi connectivity index (χ0n) is 18.8. The van der Waals surface area contributed by atoms with E-state index in [1.165, 1.54) is 4.90 Å². The van der Waals surface area contributed by atoms with E-state index in [0.29, 0.717) is 37.6 Å². The van der Waals surface area contributed by atoms with E-state index in [2.05, 4.69) is 10.3 Å². The first-order chi connectivity index (χ1) is 17.3. The Balaban J connectivity index is 1.39. The summed E-state index contributed by atoms with van der Waals surface area (Å²) < 4.78 is 107. The summed E-state index contributed by atoms with van der Waals surface area (Å²) in [5.41, 5.74) is -3.68. The summed E-state index contributed by atoms with van der Waals surface area (Å²) in [6.45, 7) is 0. The van der Waals surface area contributed by atoms with Crippen LogP contribution in [-0.4, -0.2) is 33.8 Å². The Hall–Kier alpha value is -3.25. The summed E-state index contributed by atoms with van der Waals surface area (Å²) >= 11 is 0. The third kappa shape index (κ3) is 4.87. The molecule has 2 saturated carbocycles. The Morgan fingerprint density at radius 2 is 1.65 bits per heavy atom. The molecule has 4 atom stereocenters. The Bertz CT molecular complexity index is 1260. The normalized spacial score (nSPS) is 24.0. The first-order valence-electron chi connectivity index (χ1n) is 11.5. The molecule has 1 aromatic heterocycles. The molecule has 1 unspecified atom stereocenters. The summed E-state index contributed by atoms with van der Waals surface area (Å²) in [5, 5.41) is 2.56. The highest BCUT2D eigenvalue weighted by molar-refractivity contribution is 5.98. The van der Waals surface area contributed by atoms with Gasteiger partial charge in [0.15, 0.2) is 0 Å². The van der Waals surface area contributed by atoms with E-state index in [-0.39, 0.29) is 35.9 Å². The molecule has 37 heavy (non-hydrogen) atoms. The van der Waals surface area contributed by atoms with E-state index < -0.39 is 64.6 Å². The number of nitrogens with one attached hydrogen (secondary N) is 1. The number of carbonyl (C=O) groups is 2. The van der Waals surface area contributed by atoms with Crippen LogP contribution < -0.4 is 5.32 Å². The maximum Gasteiger partial charge on any atom is 0.419 e. The largest absolute Gasteiger partial charge is 0.419 e. The van der Waals surface area contributed by atoms with Crippen LogP contribution in [0.5, 0.6) is 0 Å². The number of likely N-dealkylation sites (tertiary alicyclic amines) is 1. The van der Waals surface area contributed by atoms with Crippen LogP contribution in [0, 0.1) is 23.5 Å². The number of halogens is 8. The Labute approximate surface area is 204 Å². The molecule has 0 radical (unpaired) electrons. The number of benzene rings is 1. The fourth-order valence-corrected chi connectivity index (χ4v) is 4.99. The van der Waals surface area contributed by atoms with Crippen molar-refractivity contribution < 1.29 is 44.7 Å². The first kappa shape index (κ1) is 25.4. The van der Waals surface area contributed by atoms with Gasteiger partial charge in [0.05, 0.1) is 22.7 Å². The summed E-state index contributed by atoms with van der Waals surface area (Å²) in [4.78, 5) is 31.0. The third-order valence-electron chi connectivity index (χ3n) is 7.07. The van der Waals surface area contributed by atoms with Crippen molar-refractivity contribution in [1.82, 2.24) is 15.2 Å². The highest BCUT2D eigenvalue weighted by Gasteiger charge is 2.56. The number of hydrogen-bond donors (Lipinski definition) is 1. The molecule has 1 saturated heterocycles. The van der Waals surface area contributed by atoms with Gasteiger partial charge < -0.3 is 10.2 Å². The van der Waals surface area contributed by atoms with Gasteiger partial charge in [0.25, 0.3) is 5.91 Å². The molecule has 2 amide bonds. The fraction of sp³-hybridized carbons (Fsp3) is 0.458. The average Bonchev–Trinajstić information content (AvgIpc) is 3.75. The molecule has 13 heteroatoms. The molecule has 1 aliphatic heterocycles. The van der Waals surface area contributed by atoms with Gasteiger partial charge >= 0.3 is 12.4 Å². The minimum absolute atomic E-state index is 0.0434. The monoisotopic (exact) mass is 533 g/mol. The molecule has 198 valence electrons. The summed E-state index contributed by atoms with van der Waals surface area (Å²) in [7, 11) is 0. The number of carbonyl (C=O) groups excluding carboxylic acids is 2. The average molecular weight is 533 g/mol. The summed E-state index contributed by atoms with van der Waals surface area (Å²) in [5.74, 6) is -4.96. The van der Waals surface area contributed by atoms with Gasteiger partial charge in [-0.05, 0) is 55.7 Å². The van der Waals surface area contributed by atoms with Crippen molar-refractivity contribution in [2.24, 2.45) is 11.8 Å². The number of amides is 2. The van der Waals surface area contributed by atoms with Crippen molar-refractivity contribution in [3.63, 3.8) is 0 Å². The highest BCUT2D eigenvalue weighted by Crippen LogP contribution is 2.49. The maximum absolute atomic E-state index is 14.7. The molecule has 5 rings (SSSR count). The lowest BCUT2D eigenvalue weighted by Crippen LogP contribution is -2.49. The molecule has 3 aliphatic rings. The molecule has 1 N–H and O–H groups in total. The minimum atomic E-state index is -5.11. The molecule has 1 aromatic carbocycles. The highest BCUT2D eigenvalue weighted by atomic mass is 19.4. The lowest BCUT2D eigenvalue weighted by atomic mass is 9.98. The van der Waals surface area contributed by atoms with E-state index in [4.69, 9.17) is 0 Å². The number of fused-ring (bicyclic) bond motifs is 1. The second-order valence-electron chi connectivity index (χ2n) is 9.66.